The predicted octanol–water partition coefficient (Wildman–Crippen LogP) is 2.54. The maximum Gasteiger partial charge on any atom is 0.220 e. The molecule has 0 heterocycles. The van der Waals surface area contributed by atoms with E-state index in [9.17, 15) is 9.59 Å². The van der Waals surface area contributed by atoms with E-state index in [0.717, 1.165) is 0 Å². The average molecular weight is 215 g/mol. The maximum absolute atomic E-state index is 11.2. The third kappa shape index (κ3) is 7.11. The second kappa shape index (κ2) is 7.43. The monoisotopic (exact) mass is 215 g/mol. The second-order valence-corrected chi connectivity index (χ2v) is 4.33. The Hall–Kier alpha value is -0.860. The molecule has 0 bridgehead atoms. The summed E-state index contributed by atoms with van der Waals surface area (Å²) in [5.41, 5.74) is -0.212. The van der Waals surface area contributed by atoms with Gasteiger partial charge < -0.3 is 5.32 Å². The summed E-state index contributed by atoms with van der Waals surface area (Å²) in [6.07, 6.45) is 0.417. The quantitative estimate of drug-likeness (QED) is 0.786. The molecule has 0 radical (unpaired) electrons. The Bertz CT molecular complexity index is 204. The smallest absolute Gasteiger partial charge is 0.220 e. The van der Waals surface area contributed by atoms with Crippen molar-refractivity contribution in [2.75, 3.05) is 0 Å². The van der Waals surface area contributed by atoms with Crippen molar-refractivity contribution in [1.29, 1.82) is 0 Å². The Morgan fingerprint density at radius 2 is 1.60 bits per heavy atom. The zero-order valence-corrected chi connectivity index (χ0v) is 11.1. The molecule has 3 heteroatoms. The summed E-state index contributed by atoms with van der Waals surface area (Å²) in [7, 11) is 0. The van der Waals surface area contributed by atoms with Crippen LogP contribution in [0.1, 0.15) is 54.9 Å². The van der Waals surface area contributed by atoms with E-state index < -0.39 is 0 Å². The van der Waals surface area contributed by atoms with E-state index in [1.54, 1.807) is 6.92 Å². The van der Waals surface area contributed by atoms with Crippen LogP contribution in [0.5, 0.6) is 0 Å². The van der Waals surface area contributed by atoms with E-state index >= 15 is 0 Å². The lowest BCUT2D eigenvalue weighted by atomic mass is 9.84. The number of ketones is 1. The summed E-state index contributed by atoms with van der Waals surface area (Å²) in [6, 6.07) is -0.375. The molecule has 0 aromatic heterocycles. The van der Waals surface area contributed by atoms with Crippen LogP contribution in [0.15, 0.2) is 0 Å². The van der Waals surface area contributed by atoms with Crippen molar-refractivity contribution in [3.05, 3.63) is 0 Å². The average Bonchev–Trinajstić information content (AvgIpc) is 2.14. The molecule has 1 atom stereocenters. The van der Waals surface area contributed by atoms with Crippen LogP contribution in [0, 0.1) is 5.41 Å². The van der Waals surface area contributed by atoms with Gasteiger partial charge in [-0.2, -0.15) is 0 Å². The molecule has 0 saturated carbocycles. The number of carbonyl (C=O) groups is 2. The highest BCUT2D eigenvalue weighted by Gasteiger charge is 2.29. The third-order valence-electron chi connectivity index (χ3n) is 1.90. The first kappa shape index (κ1) is 16.6. The second-order valence-electron chi connectivity index (χ2n) is 4.33. The van der Waals surface area contributed by atoms with Gasteiger partial charge in [0.25, 0.3) is 0 Å². The minimum atomic E-state index is -0.375. The SMILES string of the molecule is CC.CCC(=O)NC(C(C)=O)C(C)(C)C. The van der Waals surface area contributed by atoms with Gasteiger partial charge in [0.1, 0.15) is 0 Å². The summed E-state index contributed by atoms with van der Waals surface area (Å²) < 4.78 is 0. The van der Waals surface area contributed by atoms with Gasteiger partial charge in [-0.3, -0.25) is 9.59 Å². The third-order valence-corrected chi connectivity index (χ3v) is 1.90. The van der Waals surface area contributed by atoms with E-state index in [2.05, 4.69) is 5.32 Å². The molecule has 0 fully saturated rings. The fourth-order valence-electron chi connectivity index (χ4n) is 1.19. The van der Waals surface area contributed by atoms with Gasteiger partial charge in [-0.15, -0.1) is 0 Å². The Labute approximate surface area is 93.6 Å². The van der Waals surface area contributed by atoms with Crippen molar-refractivity contribution < 1.29 is 9.59 Å². The number of rotatable bonds is 3. The molecule has 0 aliphatic rings. The standard InChI is InChI=1S/C10H19NO2.C2H6/c1-6-8(13)11-9(7(2)12)10(3,4)5;1-2/h9H,6H2,1-5H3,(H,11,13);1-2H3. The lowest BCUT2D eigenvalue weighted by Crippen LogP contribution is -2.48. The Balaban J connectivity index is 0. The minimum Gasteiger partial charge on any atom is -0.346 e. The molecule has 0 aromatic rings. The number of Topliss-reactive ketones (excluding diaryl/α,β-unsaturated/α-hetero) is 1. The van der Waals surface area contributed by atoms with Gasteiger partial charge in [0.2, 0.25) is 5.91 Å². The zero-order chi connectivity index (χ0) is 12.6. The number of hydrogen-bond donors (Lipinski definition) is 1. The van der Waals surface area contributed by atoms with Crippen molar-refractivity contribution in [3.63, 3.8) is 0 Å². The molecule has 1 amide bonds. The Morgan fingerprint density at radius 1 is 1.20 bits per heavy atom. The van der Waals surface area contributed by atoms with Gasteiger partial charge in [-0.05, 0) is 12.3 Å². The molecule has 1 N–H and O–H groups in total. The highest BCUT2D eigenvalue weighted by Crippen LogP contribution is 2.19. The molecule has 0 aliphatic heterocycles. The van der Waals surface area contributed by atoms with Gasteiger partial charge in [-0.25, -0.2) is 0 Å². The van der Waals surface area contributed by atoms with Crippen molar-refractivity contribution in [2.24, 2.45) is 5.41 Å². The van der Waals surface area contributed by atoms with Gasteiger partial charge in [0.05, 0.1) is 6.04 Å². The van der Waals surface area contributed by atoms with Gasteiger partial charge in [0.15, 0.2) is 5.78 Å². The number of nitrogens with one attached hydrogen (secondary N) is 1. The first-order chi connectivity index (χ1) is 6.79. The number of hydrogen-bond acceptors (Lipinski definition) is 2. The van der Waals surface area contributed by atoms with Crippen LogP contribution in [0.3, 0.4) is 0 Å². The molecule has 1 unspecified atom stereocenters. The van der Waals surface area contributed by atoms with E-state index in [4.69, 9.17) is 0 Å². The fraction of sp³-hybridized carbons (Fsp3) is 0.833. The van der Waals surface area contributed by atoms with Crippen LogP contribution in [-0.4, -0.2) is 17.7 Å². The van der Waals surface area contributed by atoms with Crippen molar-refractivity contribution in [1.82, 2.24) is 5.32 Å². The highest BCUT2D eigenvalue weighted by atomic mass is 16.2. The lowest BCUT2D eigenvalue weighted by Gasteiger charge is -2.29. The molecule has 15 heavy (non-hydrogen) atoms. The van der Waals surface area contributed by atoms with Gasteiger partial charge >= 0.3 is 0 Å². The molecule has 0 rings (SSSR count). The predicted molar refractivity (Wildman–Crippen MR) is 63.7 cm³/mol. The van der Waals surface area contributed by atoms with Crippen LogP contribution in [0.25, 0.3) is 0 Å². The molecular formula is C12H25NO2. The summed E-state index contributed by atoms with van der Waals surface area (Å²) in [5, 5.41) is 2.72. The summed E-state index contributed by atoms with van der Waals surface area (Å²) in [6.45, 7) is 13.1. The lowest BCUT2D eigenvalue weighted by molar-refractivity contribution is -0.129. The maximum atomic E-state index is 11.2. The molecule has 0 aromatic carbocycles. The Morgan fingerprint density at radius 3 is 1.80 bits per heavy atom. The van der Waals surface area contributed by atoms with E-state index in [-0.39, 0.29) is 23.1 Å². The van der Waals surface area contributed by atoms with E-state index in [1.165, 1.54) is 6.92 Å². The van der Waals surface area contributed by atoms with Crippen molar-refractivity contribution in [2.45, 2.75) is 60.9 Å². The largest absolute Gasteiger partial charge is 0.346 e. The van der Waals surface area contributed by atoms with E-state index in [1.807, 2.05) is 34.6 Å². The van der Waals surface area contributed by atoms with Crippen LogP contribution in [0.2, 0.25) is 0 Å². The van der Waals surface area contributed by atoms with Crippen LogP contribution >= 0.6 is 0 Å². The molecular weight excluding hydrogens is 190 g/mol. The molecule has 0 spiro atoms. The van der Waals surface area contributed by atoms with Crippen LogP contribution in [0.4, 0.5) is 0 Å². The molecule has 3 nitrogen and oxygen atoms in total. The minimum absolute atomic E-state index is 0.00861. The fourth-order valence-corrected chi connectivity index (χ4v) is 1.19. The van der Waals surface area contributed by atoms with Crippen LogP contribution in [-0.2, 0) is 9.59 Å². The summed E-state index contributed by atoms with van der Waals surface area (Å²) in [5.74, 6) is -0.0653. The van der Waals surface area contributed by atoms with E-state index in [0.29, 0.717) is 6.42 Å². The van der Waals surface area contributed by atoms with Crippen molar-refractivity contribution >= 4 is 11.7 Å². The molecule has 0 aliphatic carbocycles. The molecule has 90 valence electrons. The molecule has 0 saturated heterocycles. The first-order valence-corrected chi connectivity index (χ1v) is 5.58. The van der Waals surface area contributed by atoms with Gasteiger partial charge in [-0.1, -0.05) is 41.5 Å². The highest BCUT2D eigenvalue weighted by molar-refractivity contribution is 5.87. The first-order valence-electron chi connectivity index (χ1n) is 5.58. The van der Waals surface area contributed by atoms with Crippen LogP contribution < -0.4 is 5.32 Å². The Kier molecular flexibility index (Phi) is 8.21. The van der Waals surface area contributed by atoms with Gasteiger partial charge in [0, 0.05) is 6.42 Å². The zero-order valence-electron chi connectivity index (χ0n) is 11.1. The number of amides is 1. The normalized spacial score (nSPS) is 12.2. The van der Waals surface area contributed by atoms with Crippen molar-refractivity contribution in [3.8, 4) is 0 Å². The number of carbonyl (C=O) groups excluding carboxylic acids is 2. The summed E-state index contributed by atoms with van der Waals surface area (Å²) >= 11 is 0. The topological polar surface area (TPSA) is 46.2 Å². The summed E-state index contributed by atoms with van der Waals surface area (Å²) in [4.78, 5) is 22.3.